The molecule has 2 aliphatic heterocycles. The SMILES string of the molecule is O=C(Nc1ccc(NC(=O)C2CCCO2)cc1)c1ccc(N2CCCC2)c([N+](=O)[O-])c1. The molecule has 0 radical (unpaired) electrons. The second-order valence-corrected chi connectivity index (χ2v) is 7.68. The first-order chi connectivity index (χ1) is 15.0. The van der Waals surface area contributed by atoms with Crippen LogP contribution in [0, 0.1) is 10.1 Å². The van der Waals surface area contributed by atoms with Crippen molar-refractivity contribution in [1.82, 2.24) is 0 Å². The van der Waals surface area contributed by atoms with Crippen LogP contribution in [0.4, 0.5) is 22.7 Å². The molecule has 0 aromatic heterocycles. The van der Waals surface area contributed by atoms with E-state index in [4.69, 9.17) is 4.74 Å². The molecule has 0 saturated carbocycles. The zero-order valence-electron chi connectivity index (χ0n) is 17.0. The molecular formula is C22H24N4O5. The third-order valence-electron chi connectivity index (χ3n) is 5.51. The maximum atomic E-state index is 12.6. The quantitative estimate of drug-likeness (QED) is 0.541. The highest BCUT2D eigenvalue weighted by molar-refractivity contribution is 6.05. The molecule has 9 nitrogen and oxygen atoms in total. The molecule has 2 N–H and O–H groups in total. The topological polar surface area (TPSA) is 114 Å². The van der Waals surface area contributed by atoms with Crippen LogP contribution in [0.5, 0.6) is 0 Å². The molecule has 2 aromatic rings. The van der Waals surface area contributed by atoms with Crippen LogP contribution in [0.1, 0.15) is 36.0 Å². The van der Waals surface area contributed by atoms with E-state index in [0.717, 1.165) is 32.4 Å². The van der Waals surface area contributed by atoms with Crippen LogP contribution in [-0.4, -0.2) is 42.5 Å². The van der Waals surface area contributed by atoms with Gasteiger partial charge in [-0.15, -0.1) is 0 Å². The first-order valence-electron chi connectivity index (χ1n) is 10.4. The second-order valence-electron chi connectivity index (χ2n) is 7.68. The summed E-state index contributed by atoms with van der Waals surface area (Å²) in [6.45, 7) is 2.16. The van der Waals surface area contributed by atoms with Crippen molar-refractivity contribution < 1.29 is 19.2 Å². The van der Waals surface area contributed by atoms with Crippen molar-refractivity contribution in [2.24, 2.45) is 0 Å². The fourth-order valence-corrected chi connectivity index (χ4v) is 3.88. The van der Waals surface area contributed by atoms with E-state index < -0.39 is 16.9 Å². The summed E-state index contributed by atoms with van der Waals surface area (Å²) in [7, 11) is 0. The summed E-state index contributed by atoms with van der Waals surface area (Å²) < 4.78 is 5.36. The first-order valence-corrected chi connectivity index (χ1v) is 10.4. The van der Waals surface area contributed by atoms with Gasteiger partial charge in [0.25, 0.3) is 17.5 Å². The van der Waals surface area contributed by atoms with Crippen LogP contribution in [0.2, 0.25) is 0 Å². The van der Waals surface area contributed by atoms with Crippen LogP contribution in [-0.2, 0) is 9.53 Å². The fourth-order valence-electron chi connectivity index (χ4n) is 3.88. The summed E-state index contributed by atoms with van der Waals surface area (Å²) in [6.07, 6.45) is 3.18. The lowest BCUT2D eigenvalue weighted by Gasteiger charge is -2.17. The number of benzene rings is 2. The van der Waals surface area contributed by atoms with Crippen molar-refractivity contribution in [3.05, 3.63) is 58.1 Å². The smallest absolute Gasteiger partial charge is 0.293 e. The molecule has 2 aromatic carbocycles. The van der Waals surface area contributed by atoms with Crippen molar-refractivity contribution in [1.29, 1.82) is 0 Å². The van der Waals surface area contributed by atoms with Gasteiger partial charge in [-0.2, -0.15) is 0 Å². The number of nitro groups is 1. The number of nitrogens with zero attached hydrogens (tertiary/aromatic N) is 2. The van der Waals surface area contributed by atoms with E-state index in [1.807, 2.05) is 4.90 Å². The Hall–Kier alpha value is -3.46. The van der Waals surface area contributed by atoms with E-state index in [-0.39, 0.29) is 17.2 Å². The van der Waals surface area contributed by atoms with Crippen molar-refractivity contribution >= 4 is 34.6 Å². The van der Waals surface area contributed by atoms with Crippen molar-refractivity contribution in [2.75, 3.05) is 35.2 Å². The summed E-state index contributed by atoms with van der Waals surface area (Å²) in [6, 6.07) is 11.3. The van der Waals surface area contributed by atoms with E-state index in [9.17, 15) is 19.7 Å². The number of anilines is 3. The van der Waals surface area contributed by atoms with E-state index in [1.54, 1.807) is 36.4 Å². The number of carbonyl (C=O) groups excluding carboxylic acids is 2. The van der Waals surface area contributed by atoms with Crippen molar-refractivity contribution in [2.45, 2.75) is 31.8 Å². The predicted octanol–water partition coefficient (Wildman–Crippen LogP) is 3.56. The summed E-state index contributed by atoms with van der Waals surface area (Å²) in [5, 5.41) is 17.1. The van der Waals surface area contributed by atoms with E-state index in [2.05, 4.69) is 10.6 Å². The zero-order chi connectivity index (χ0) is 21.8. The number of rotatable bonds is 6. The number of hydrogen-bond donors (Lipinski definition) is 2. The monoisotopic (exact) mass is 424 g/mol. The minimum Gasteiger partial charge on any atom is -0.368 e. The van der Waals surface area contributed by atoms with E-state index >= 15 is 0 Å². The molecule has 162 valence electrons. The molecule has 2 saturated heterocycles. The maximum Gasteiger partial charge on any atom is 0.293 e. The number of hydrogen-bond acceptors (Lipinski definition) is 6. The Morgan fingerprint density at radius 2 is 1.68 bits per heavy atom. The highest BCUT2D eigenvalue weighted by atomic mass is 16.6. The fraction of sp³-hybridized carbons (Fsp3) is 0.364. The number of nitro benzene ring substituents is 1. The maximum absolute atomic E-state index is 12.6. The second kappa shape index (κ2) is 9.13. The highest BCUT2D eigenvalue weighted by Crippen LogP contribution is 2.32. The normalized spacial score (nSPS) is 18.1. The Balaban J connectivity index is 1.42. The van der Waals surface area contributed by atoms with Crippen LogP contribution < -0.4 is 15.5 Å². The zero-order valence-corrected chi connectivity index (χ0v) is 17.0. The Labute approximate surface area is 179 Å². The molecule has 2 heterocycles. The predicted molar refractivity (Wildman–Crippen MR) is 117 cm³/mol. The molecule has 0 bridgehead atoms. The molecular weight excluding hydrogens is 400 g/mol. The largest absolute Gasteiger partial charge is 0.368 e. The number of nitrogens with one attached hydrogen (secondary N) is 2. The lowest BCUT2D eigenvalue weighted by molar-refractivity contribution is -0.384. The van der Waals surface area contributed by atoms with Gasteiger partial charge >= 0.3 is 0 Å². The molecule has 4 rings (SSSR count). The lowest BCUT2D eigenvalue weighted by atomic mass is 10.1. The van der Waals surface area contributed by atoms with Gasteiger partial charge in [0, 0.05) is 42.7 Å². The molecule has 0 spiro atoms. The average Bonchev–Trinajstić information content (AvgIpc) is 3.49. The highest BCUT2D eigenvalue weighted by Gasteiger charge is 2.25. The van der Waals surface area contributed by atoms with E-state index in [0.29, 0.717) is 30.1 Å². The molecule has 31 heavy (non-hydrogen) atoms. The molecule has 2 amide bonds. The standard InChI is InChI=1S/C22H24N4O5/c27-21(15-5-10-18(19(14-15)26(29)30)25-11-1-2-12-25)23-16-6-8-17(9-7-16)24-22(28)20-4-3-13-31-20/h5-10,14,20H,1-4,11-13H2,(H,23,27)(H,24,28). The van der Waals surface area contributed by atoms with Crippen LogP contribution in [0.15, 0.2) is 42.5 Å². The molecule has 1 atom stereocenters. The van der Waals surface area contributed by atoms with Crippen LogP contribution >= 0.6 is 0 Å². The van der Waals surface area contributed by atoms with Gasteiger partial charge in [0.05, 0.1) is 4.92 Å². The summed E-state index contributed by atoms with van der Waals surface area (Å²) in [4.78, 5) is 37.8. The molecule has 1 unspecified atom stereocenters. The lowest BCUT2D eigenvalue weighted by Crippen LogP contribution is -2.26. The minimum atomic E-state index is -0.448. The van der Waals surface area contributed by atoms with Crippen LogP contribution in [0.3, 0.4) is 0 Å². The Morgan fingerprint density at radius 3 is 2.29 bits per heavy atom. The third kappa shape index (κ3) is 4.83. The van der Waals surface area contributed by atoms with Gasteiger partial charge in [0.2, 0.25) is 0 Å². The number of amides is 2. The van der Waals surface area contributed by atoms with Crippen molar-refractivity contribution in [3.63, 3.8) is 0 Å². The summed E-state index contributed by atoms with van der Waals surface area (Å²) in [5.74, 6) is -0.619. The van der Waals surface area contributed by atoms with Gasteiger partial charge in [-0.3, -0.25) is 19.7 Å². The van der Waals surface area contributed by atoms with Gasteiger partial charge < -0.3 is 20.3 Å². The van der Waals surface area contributed by atoms with Gasteiger partial charge in [0.15, 0.2) is 0 Å². The van der Waals surface area contributed by atoms with Gasteiger partial charge in [-0.1, -0.05) is 0 Å². The van der Waals surface area contributed by atoms with Crippen molar-refractivity contribution in [3.8, 4) is 0 Å². The van der Waals surface area contributed by atoms with Gasteiger partial charge in [-0.25, -0.2) is 0 Å². The third-order valence-corrected chi connectivity index (χ3v) is 5.51. The van der Waals surface area contributed by atoms with Gasteiger partial charge in [0.1, 0.15) is 11.8 Å². The average molecular weight is 424 g/mol. The summed E-state index contributed by atoms with van der Waals surface area (Å²) in [5.41, 5.74) is 1.81. The molecule has 2 fully saturated rings. The minimum absolute atomic E-state index is 0.0678. The van der Waals surface area contributed by atoms with E-state index in [1.165, 1.54) is 6.07 Å². The van der Waals surface area contributed by atoms with Crippen LogP contribution in [0.25, 0.3) is 0 Å². The molecule has 9 heteroatoms. The summed E-state index contributed by atoms with van der Waals surface area (Å²) >= 11 is 0. The number of carbonyl (C=O) groups is 2. The first kappa shape index (κ1) is 20.8. The Kier molecular flexibility index (Phi) is 6.13. The molecule has 0 aliphatic carbocycles. The Morgan fingerprint density at radius 1 is 1.00 bits per heavy atom. The molecule has 2 aliphatic rings. The van der Waals surface area contributed by atoms with Gasteiger partial charge in [-0.05, 0) is 62.1 Å². The number of ether oxygens (including phenoxy) is 1. The Bertz CT molecular complexity index is 980.